The van der Waals surface area contributed by atoms with Crippen LogP contribution >= 0.6 is 0 Å². The summed E-state index contributed by atoms with van der Waals surface area (Å²) in [6.45, 7) is 8.95. The first-order chi connectivity index (χ1) is 9.98. The van der Waals surface area contributed by atoms with Crippen LogP contribution in [0.25, 0.3) is 0 Å². The molecule has 0 aromatic carbocycles. The van der Waals surface area contributed by atoms with E-state index in [1.807, 2.05) is 0 Å². The molecule has 2 aliphatic rings. The van der Waals surface area contributed by atoms with Gasteiger partial charge in [-0.3, -0.25) is 4.90 Å². The zero-order valence-electron chi connectivity index (χ0n) is 12.7. The molecule has 2 aliphatic heterocycles. The number of hydrogen-bond donors (Lipinski definition) is 2. The van der Waals surface area contributed by atoms with Gasteiger partial charge in [0.05, 0.1) is 11.5 Å². The second-order valence-corrected chi connectivity index (χ2v) is 8.00. The number of nitrogens with one attached hydrogen (secondary N) is 2. The van der Waals surface area contributed by atoms with Gasteiger partial charge in [-0.15, -0.1) is 0 Å². The smallest absolute Gasteiger partial charge is 0.315 e. The third-order valence-corrected chi connectivity index (χ3v) is 5.96. The molecule has 122 valence electrons. The lowest BCUT2D eigenvalue weighted by Crippen LogP contribution is -2.49. The molecule has 1 atom stereocenters. The molecule has 0 saturated carbocycles. The van der Waals surface area contributed by atoms with E-state index in [9.17, 15) is 13.2 Å². The molecule has 2 saturated heterocycles. The quantitative estimate of drug-likeness (QED) is 0.687. The molecule has 0 radical (unpaired) electrons. The Morgan fingerprint density at radius 1 is 1.19 bits per heavy atom. The van der Waals surface area contributed by atoms with Crippen LogP contribution in [0.2, 0.25) is 0 Å². The Hall–Kier alpha value is -0.860. The number of sulfone groups is 1. The fraction of sp³-hybridized carbons (Fsp3) is 0.923. The summed E-state index contributed by atoms with van der Waals surface area (Å²) in [4.78, 5) is 16.5. The molecular formula is C13H26N4O3S. The summed E-state index contributed by atoms with van der Waals surface area (Å²) in [5.74, 6) is 0.249. The summed E-state index contributed by atoms with van der Waals surface area (Å²) < 4.78 is 22.6. The van der Waals surface area contributed by atoms with E-state index in [0.29, 0.717) is 13.0 Å². The molecule has 8 heteroatoms. The predicted octanol–water partition coefficient (Wildman–Crippen LogP) is -0.890. The number of amides is 2. The van der Waals surface area contributed by atoms with Crippen LogP contribution in [0.1, 0.15) is 13.3 Å². The highest BCUT2D eigenvalue weighted by molar-refractivity contribution is 7.91. The largest absolute Gasteiger partial charge is 0.337 e. The third-order valence-electron chi connectivity index (χ3n) is 4.19. The molecule has 0 aromatic rings. The van der Waals surface area contributed by atoms with Crippen molar-refractivity contribution >= 4 is 15.9 Å². The summed E-state index contributed by atoms with van der Waals surface area (Å²) in [5.41, 5.74) is 0. The lowest BCUT2D eigenvalue weighted by molar-refractivity contribution is 0.138. The van der Waals surface area contributed by atoms with Crippen molar-refractivity contribution in [2.24, 2.45) is 0 Å². The molecule has 1 unspecified atom stereocenters. The number of carbonyl (C=O) groups excluding carboxylic acids is 1. The molecule has 21 heavy (non-hydrogen) atoms. The van der Waals surface area contributed by atoms with Crippen molar-refractivity contribution in [1.82, 2.24) is 20.4 Å². The average molecular weight is 318 g/mol. The first-order valence-corrected chi connectivity index (χ1v) is 9.50. The zero-order chi connectivity index (χ0) is 15.3. The van der Waals surface area contributed by atoms with Crippen LogP contribution in [0.5, 0.6) is 0 Å². The van der Waals surface area contributed by atoms with Crippen molar-refractivity contribution in [3.05, 3.63) is 0 Å². The van der Waals surface area contributed by atoms with E-state index in [1.54, 1.807) is 0 Å². The van der Waals surface area contributed by atoms with E-state index in [2.05, 4.69) is 27.4 Å². The van der Waals surface area contributed by atoms with Crippen LogP contribution in [-0.4, -0.2) is 87.6 Å². The topological polar surface area (TPSA) is 81.8 Å². The number of likely N-dealkylation sites (N-methyl/N-ethyl adjacent to an activating group) is 1. The molecule has 7 nitrogen and oxygen atoms in total. The minimum Gasteiger partial charge on any atom is -0.337 e. The van der Waals surface area contributed by atoms with Crippen molar-refractivity contribution in [2.45, 2.75) is 19.4 Å². The standard InChI is InChI=1S/C13H26N4O3S/c1-2-16-6-8-17(9-7-16)5-4-14-13(18)15-12-3-10-21(19,20)11-12/h12H,2-11H2,1H3,(H2,14,15,18). The average Bonchev–Trinajstić information content (AvgIpc) is 2.78. The van der Waals surface area contributed by atoms with Crippen molar-refractivity contribution in [3.8, 4) is 0 Å². The van der Waals surface area contributed by atoms with Crippen LogP contribution in [-0.2, 0) is 9.84 Å². The molecular weight excluding hydrogens is 292 g/mol. The van der Waals surface area contributed by atoms with Crippen LogP contribution in [0, 0.1) is 0 Å². The number of hydrogen-bond acceptors (Lipinski definition) is 5. The van der Waals surface area contributed by atoms with E-state index >= 15 is 0 Å². The van der Waals surface area contributed by atoms with Gasteiger partial charge < -0.3 is 15.5 Å². The number of carbonyl (C=O) groups is 1. The summed E-state index contributed by atoms with van der Waals surface area (Å²) in [5, 5.41) is 5.54. The van der Waals surface area contributed by atoms with Gasteiger partial charge in [-0.05, 0) is 13.0 Å². The van der Waals surface area contributed by atoms with Crippen LogP contribution in [0.4, 0.5) is 4.79 Å². The highest BCUT2D eigenvalue weighted by Gasteiger charge is 2.28. The minimum absolute atomic E-state index is 0.0688. The maximum atomic E-state index is 11.7. The molecule has 2 N–H and O–H groups in total. The van der Waals surface area contributed by atoms with Crippen LogP contribution in [0.15, 0.2) is 0 Å². The monoisotopic (exact) mass is 318 g/mol. The van der Waals surface area contributed by atoms with Crippen molar-refractivity contribution in [2.75, 3.05) is 57.3 Å². The fourth-order valence-electron chi connectivity index (χ4n) is 2.80. The van der Waals surface area contributed by atoms with Crippen molar-refractivity contribution in [1.29, 1.82) is 0 Å². The van der Waals surface area contributed by atoms with Crippen LogP contribution in [0.3, 0.4) is 0 Å². The minimum atomic E-state index is -2.94. The number of nitrogens with zero attached hydrogens (tertiary/aromatic N) is 2. The Morgan fingerprint density at radius 2 is 1.86 bits per heavy atom. The Bertz CT molecular complexity index is 446. The molecule has 2 fully saturated rings. The molecule has 0 spiro atoms. The van der Waals surface area contributed by atoms with Gasteiger partial charge in [0.15, 0.2) is 9.84 Å². The van der Waals surface area contributed by atoms with Gasteiger partial charge in [0, 0.05) is 45.3 Å². The lowest BCUT2D eigenvalue weighted by Gasteiger charge is -2.33. The third kappa shape index (κ3) is 5.44. The molecule has 0 aromatic heterocycles. The SMILES string of the molecule is CCN1CCN(CCNC(=O)NC2CCS(=O)(=O)C2)CC1. The van der Waals surface area contributed by atoms with Gasteiger partial charge >= 0.3 is 6.03 Å². The molecule has 0 aliphatic carbocycles. The van der Waals surface area contributed by atoms with Crippen molar-refractivity contribution < 1.29 is 13.2 Å². The summed E-state index contributed by atoms with van der Waals surface area (Å²) in [7, 11) is -2.94. The first kappa shape index (κ1) is 16.5. The summed E-state index contributed by atoms with van der Waals surface area (Å²) >= 11 is 0. The zero-order valence-corrected chi connectivity index (χ0v) is 13.5. The summed E-state index contributed by atoms with van der Waals surface area (Å²) in [6.07, 6.45) is 0.523. The summed E-state index contributed by atoms with van der Waals surface area (Å²) in [6, 6.07) is -0.493. The maximum Gasteiger partial charge on any atom is 0.315 e. The van der Waals surface area contributed by atoms with Gasteiger partial charge in [-0.25, -0.2) is 13.2 Å². The normalized spacial score (nSPS) is 26.6. The van der Waals surface area contributed by atoms with Gasteiger partial charge in [-0.2, -0.15) is 0 Å². The highest BCUT2D eigenvalue weighted by Crippen LogP contribution is 2.10. The van der Waals surface area contributed by atoms with Gasteiger partial charge in [0.1, 0.15) is 0 Å². The molecule has 0 bridgehead atoms. The van der Waals surface area contributed by atoms with E-state index in [-0.39, 0.29) is 23.6 Å². The van der Waals surface area contributed by atoms with E-state index in [4.69, 9.17) is 0 Å². The Morgan fingerprint density at radius 3 is 2.43 bits per heavy atom. The second-order valence-electron chi connectivity index (χ2n) is 5.78. The van der Waals surface area contributed by atoms with E-state index in [1.165, 1.54) is 0 Å². The number of rotatable bonds is 5. The number of piperazine rings is 1. The van der Waals surface area contributed by atoms with E-state index < -0.39 is 9.84 Å². The second kappa shape index (κ2) is 7.42. The predicted molar refractivity (Wildman–Crippen MR) is 82.1 cm³/mol. The van der Waals surface area contributed by atoms with Gasteiger partial charge in [-0.1, -0.05) is 6.92 Å². The Balaban J connectivity index is 1.58. The molecule has 2 rings (SSSR count). The molecule has 2 heterocycles. The van der Waals surface area contributed by atoms with E-state index in [0.717, 1.165) is 39.3 Å². The number of urea groups is 1. The van der Waals surface area contributed by atoms with Gasteiger partial charge in [0.2, 0.25) is 0 Å². The molecule has 2 amide bonds. The van der Waals surface area contributed by atoms with Crippen LogP contribution < -0.4 is 10.6 Å². The maximum absolute atomic E-state index is 11.7. The van der Waals surface area contributed by atoms with Gasteiger partial charge in [0.25, 0.3) is 0 Å². The first-order valence-electron chi connectivity index (χ1n) is 7.68. The Kier molecular flexibility index (Phi) is 5.83. The fourth-order valence-corrected chi connectivity index (χ4v) is 4.48. The highest BCUT2D eigenvalue weighted by atomic mass is 32.2. The van der Waals surface area contributed by atoms with Crippen molar-refractivity contribution in [3.63, 3.8) is 0 Å². The Labute approximate surface area is 127 Å². The lowest BCUT2D eigenvalue weighted by atomic mass is 10.3.